The Kier molecular flexibility index (Phi) is 7.46. The lowest BCUT2D eigenvalue weighted by Crippen LogP contribution is -2.51. The molecule has 2 N–H and O–H groups in total. The fourth-order valence-electron chi connectivity index (χ4n) is 4.88. The summed E-state index contributed by atoms with van der Waals surface area (Å²) < 4.78 is 41.7. The van der Waals surface area contributed by atoms with E-state index in [1.54, 1.807) is 42.6 Å². The number of anilines is 2. The van der Waals surface area contributed by atoms with Crippen molar-refractivity contribution >= 4 is 33.3 Å². The highest BCUT2D eigenvalue weighted by Gasteiger charge is 2.38. The quantitative estimate of drug-likeness (QED) is 0.457. The van der Waals surface area contributed by atoms with Crippen LogP contribution in [0.5, 0.6) is 0 Å². The lowest BCUT2D eigenvalue weighted by molar-refractivity contribution is -0.0284. The summed E-state index contributed by atoms with van der Waals surface area (Å²) in [5.41, 5.74) is 0.845. The molecule has 2 aliphatic rings. The number of nitrogens with one attached hydrogen (secondary N) is 1. The standard InChI is InChI=1S/C26H29ClFN5O3S/c27-22-8-3-19(17-23(22)28)24-9-12-29-25(31-24)30-20-4-6-21(7-5-20)37(35,36)33-15-10-26(34,11-16-33)18-32-13-1-2-14-32/h3-9,12,17,34H,1-2,10-11,13-16,18H2,(H,29,30,31). The Morgan fingerprint density at radius 2 is 1.73 bits per heavy atom. The molecule has 11 heteroatoms. The van der Waals surface area contributed by atoms with Crippen molar-refractivity contribution in [1.29, 1.82) is 0 Å². The van der Waals surface area contributed by atoms with Crippen LogP contribution in [0.4, 0.5) is 16.0 Å². The smallest absolute Gasteiger partial charge is 0.243 e. The maximum atomic E-state index is 13.8. The first-order chi connectivity index (χ1) is 17.7. The SMILES string of the molecule is O=S(=O)(c1ccc(Nc2nccc(-c3ccc(Cl)c(F)c3)n2)cc1)N1CCC(O)(CN2CCCC2)CC1. The van der Waals surface area contributed by atoms with Gasteiger partial charge in [0.05, 0.1) is 21.2 Å². The molecule has 0 atom stereocenters. The Balaban J connectivity index is 1.23. The van der Waals surface area contributed by atoms with E-state index in [0.29, 0.717) is 49.4 Å². The molecule has 196 valence electrons. The van der Waals surface area contributed by atoms with Crippen LogP contribution in [0.25, 0.3) is 11.3 Å². The highest BCUT2D eigenvalue weighted by atomic mass is 35.5. The Morgan fingerprint density at radius 1 is 1.03 bits per heavy atom. The van der Waals surface area contributed by atoms with Gasteiger partial charge in [0.15, 0.2) is 0 Å². The lowest BCUT2D eigenvalue weighted by atomic mass is 9.92. The normalized spacial score (nSPS) is 18.7. The molecule has 0 bridgehead atoms. The van der Waals surface area contributed by atoms with Gasteiger partial charge < -0.3 is 15.3 Å². The van der Waals surface area contributed by atoms with Crippen LogP contribution in [0.3, 0.4) is 0 Å². The summed E-state index contributed by atoms with van der Waals surface area (Å²) in [7, 11) is -3.68. The van der Waals surface area contributed by atoms with Crippen molar-refractivity contribution in [2.24, 2.45) is 0 Å². The molecule has 2 aromatic carbocycles. The predicted octanol–water partition coefficient (Wildman–Crippen LogP) is 4.29. The third-order valence-electron chi connectivity index (χ3n) is 6.99. The van der Waals surface area contributed by atoms with Gasteiger partial charge in [-0.05, 0) is 81.2 Å². The van der Waals surface area contributed by atoms with Crippen molar-refractivity contribution in [3.8, 4) is 11.3 Å². The van der Waals surface area contributed by atoms with E-state index in [1.165, 1.54) is 16.4 Å². The average Bonchev–Trinajstić information content (AvgIpc) is 3.39. The zero-order chi connectivity index (χ0) is 26.0. The van der Waals surface area contributed by atoms with Gasteiger partial charge in [-0.1, -0.05) is 17.7 Å². The van der Waals surface area contributed by atoms with Crippen molar-refractivity contribution in [1.82, 2.24) is 19.2 Å². The van der Waals surface area contributed by atoms with Crippen LogP contribution in [-0.2, 0) is 10.0 Å². The molecule has 0 spiro atoms. The number of rotatable bonds is 7. The minimum absolute atomic E-state index is 0.0357. The summed E-state index contributed by atoms with van der Waals surface area (Å²) in [6.45, 7) is 3.19. The van der Waals surface area contributed by atoms with Gasteiger partial charge in [-0.3, -0.25) is 0 Å². The van der Waals surface area contributed by atoms with Crippen LogP contribution in [0.15, 0.2) is 59.6 Å². The molecule has 2 saturated heterocycles. The van der Waals surface area contributed by atoms with E-state index in [0.717, 1.165) is 25.9 Å². The predicted molar refractivity (Wildman–Crippen MR) is 141 cm³/mol. The summed E-state index contributed by atoms with van der Waals surface area (Å²) in [4.78, 5) is 11.1. The second kappa shape index (κ2) is 10.6. The molecule has 1 aromatic heterocycles. The first kappa shape index (κ1) is 26.0. The first-order valence-corrected chi connectivity index (χ1v) is 14.1. The number of hydrogen-bond acceptors (Lipinski definition) is 7. The summed E-state index contributed by atoms with van der Waals surface area (Å²) in [5, 5.41) is 14.1. The number of benzene rings is 2. The summed E-state index contributed by atoms with van der Waals surface area (Å²) in [6.07, 6.45) is 4.71. The molecule has 2 fully saturated rings. The van der Waals surface area contributed by atoms with Crippen LogP contribution >= 0.6 is 11.6 Å². The molecular formula is C26H29ClFN5O3S. The van der Waals surface area contributed by atoms with Crippen LogP contribution in [0.2, 0.25) is 5.02 Å². The van der Waals surface area contributed by atoms with E-state index in [1.807, 2.05) is 0 Å². The summed E-state index contributed by atoms with van der Waals surface area (Å²) in [5.74, 6) is -0.245. The molecule has 3 aromatic rings. The van der Waals surface area contributed by atoms with Crippen molar-refractivity contribution in [2.75, 3.05) is 38.0 Å². The molecule has 2 aliphatic heterocycles. The van der Waals surface area contributed by atoms with Crippen LogP contribution in [0, 0.1) is 5.82 Å². The van der Waals surface area contributed by atoms with E-state index in [-0.39, 0.29) is 15.9 Å². The van der Waals surface area contributed by atoms with E-state index in [4.69, 9.17) is 11.6 Å². The zero-order valence-electron chi connectivity index (χ0n) is 20.3. The van der Waals surface area contributed by atoms with Crippen LogP contribution in [-0.4, -0.2) is 71.0 Å². The van der Waals surface area contributed by atoms with E-state index >= 15 is 0 Å². The third-order valence-corrected chi connectivity index (χ3v) is 9.21. The molecule has 5 rings (SSSR count). The second-order valence-electron chi connectivity index (χ2n) is 9.66. The summed E-state index contributed by atoms with van der Waals surface area (Å²) in [6, 6.07) is 12.5. The number of sulfonamides is 1. The monoisotopic (exact) mass is 545 g/mol. The molecule has 8 nitrogen and oxygen atoms in total. The van der Waals surface area contributed by atoms with E-state index < -0.39 is 21.4 Å². The van der Waals surface area contributed by atoms with Crippen molar-refractivity contribution < 1.29 is 17.9 Å². The number of halogens is 2. The Hall–Kier alpha value is -2.63. The Labute approximate surface area is 221 Å². The van der Waals surface area contributed by atoms with Gasteiger partial charge >= 0.3 is 0 Å². The molecule has 0 radical (unpaired) electrons. The minimum Gasteiger partial charge on any atom is -0.388 e. The molecule has 3 heterocycles. The Morgan fingerprint density at radius 3 is 2.41 bits per heavy atom. The van der Waals surface area contributed by atoms with Gasteiger partial charge in [-0.15, -0.1) is 0 Å². The molecule has 0 saturated carbocycles. The van der Waals surface area contributed by atoms with Crippen molar-refractivity contribution in [2.45, 2.75) is 36.2 Å². The number of piperidine rings is 1. The molecular weight excluding hydrogens is 517 g/mol. The van der Waals surface area contributed by atoms with Gasteiger partial charge in [0.2, 0.25) is 16.0 Å². The zero-order valence-corrected chi connectivity index (χ0v) is 21.8. The average molecular weight is 546 g/mol. The second-order valence-corrected chi connectivity index (χ2v) is 12.0. The largest absolute Gasteiger partial charge is 0.388 e. The highest BCUT2D eigenvalue weighted by Crippen LogP contribution is 2.29. The maximum absolute atomic E-state index is 13.8. The lowest BCUT2D eigenvalue weighted by Gasteiger charge is -2.39. The molecule has 0 amide bonds. The van der Waals surface area contributed by atoms with Gasteiger partial charge in [0.1, 0.15) is 5.82 Å². The number of β-amino-alcohol motifs (C(OH)–C–C–N with tert-alkyl or cyclic N) is 1. The van der Waals surface area contributed by atoms with Crippen LogP contribution in [0.1, 0.15) is 25.7 Å². The van der Waals surface area contributed by atoms with E-state index in [9.17, 15) is 17.9 Å². The van der Waals surface area contributed by atoms with Crippen molar-refractivity contribution in [3.05, 3.63) is 65.6 Å². The van der Waals surface area contributed by atoms with Gasteiger partial charge in [0.25, 0.3) is 0 Å². The topological polar surface area (TPSA) is 98.7 Å². The molecule has 37 heavy (non-hydrogen) atoms. The maximum Gasteiger partial charge on any atom is 0.243 e. The first-order valence-electron chi connectivity index (χ1n) is 12.3. The van der Waals surface area contributed by atoms with Gasteiger partial charge in [-0.2, -0.15) is 4.31 Å². The number of nitrogens with zero attached hydrogens (tertiary/aromatic N) is 4. The molecule has 0 unspecified atom stereocenters. The van der Waals surface area contributed by atoms with Gasteiger partial charge in [-0.25, -0.2) is 22.8 Å². The highest BCUT2D eigenvalue weighted by molar-refractivity contribution is 7.89. The molecule has 0 aliphatic carbocycles. The number of hydrogen-bond donors (Lipinski definition) is 2. The van der Waals surface area contributed by atoms with Gasteiger partial charge in [0, 0.05) is 37.1 Å². The Bertz CT molecular complexity index is 1360. The fraction of sp³-hybridized carbons (Fsp3) is 0.385. The number of likely N-dealkylation sites (tertiary alicyclic amines) is 1. The summed E-state index contributed by atoms with van der Waals surface area (Å²) >= 11 is 5.77. The minimum atomic E-state index is -3.68. The fourth-order valence-corrected chi connectivity index (χ4v) is 6.44. The van der Waals surface area contributed by atoms with E-state index in [2.05, 4.69) is 20.2 Å². The van der Waals surface area contributed by atoms with Crippen LogP contribution < -0.4 is 5.32 Å². The van der Waals surface area contributed by atoms with Crippen molar-refractivity contribution in [3.63, 3.8) is 0 Å². The number of aromatic nitrogens is 2. The number of aliphatic hydroxyl groups is 1. The third kappa shape index (κ3) is 5.94.